The van der Waals surface area contributed by atoms with Crippen LogP contribution in [-0.4, -0.2) is 39.8 Å². The average molecular weight is 359 g/mol. The highest BCUT2D eigenvalue weighted by Crippen LogP contribution is 2.34. The summed E-state index contributed by atoms with van der Waals surface area (Å²) in [6.07, 6.45) is 0. The van der Waals surface area contributed by atoms with Crippen molar-refractivity contribution in [1.82, 2.24) is 0 Å². The van der Waals surface area contributed by atoms with Crippen LogP contribution in [0.2, 0.25) is 0 Å². The maximum absolute atomic E-state index is 12.7. The second-order valence-corrected chi connectivity index (χ2v) is 5.13. The summed E-state index contributed by atoms with van der Waals surface area (Å²) >= 11 is 0. The van der Waals surface area contributed by atoms with E-state index < -0.39 is 11.9 Å². The minimum absolute atomic E-state index is 0.146. The molecule has 7 nitrogen and oxygen atoms in total. The van der Waals surface area contributed by atoms with E-state index >= 15 is 0 Å². The van der Waals surface area contributed by atoms with E-state index in [-0.39, 0.29) is 11.3 Å². The molecule has 0 aliphatic rings. The third kappa shape index (κ3) is 4.05. The first-order valence-electron chi connectivity index (χ1n) is 7.93. The summed E-state index contributed by atoms with van der Waals surface area (Å²) in [6.45, 7) is 2.26. The number of benzene rings is 2. The number of para-hydroxylation sites is 1. The minimum Gasteiger partial charge on any atom is -0.493 e. The molecule has 1 amide bonds. The molecule has 0 aromatic heterocycles. The molecule has 1 N–H and O–H groups in total. The number of hydrogen-bond donors (Lipinski definition) is 1. The third-order valence-corrected chi connectivity index (χ3v) is 3.61. The molecule has 0 bridgehead atoms. The Labute approximate surface area is 151 Å². The number of anilines is 1. The number of ether oxygens (including phenoxy) is 4. The molecule has 7 heteroatoms. The maximum Gasteiger partial charge on any atom is 0.340 e. The highest BCUT2D eigenvalue weighted by atomic mass is 16.5. The van der Waals surface area contributed by atoms with Crippen LogP contribution in [0.15, 0.2) is 36.4 Å². The zero-order chi connectivity index (χ0) is 19.1. The molecule has 2 aromatic carbocycles. The zero-order valence-electron chi connectivity index (χ0n) is 15.1. The van der Waals surface area contributed by atoms with Gasteiger partial charge in [-0.25, -0.2) is 4.79 Å². The standard InChI is InChI=1S/C19H21NO6/c1-5-26-15-9-7-6-8-12(15)18(21)20-14-11-17(24-3)16(23-2)10-13(14)19(22)25-4/h6-11H,5H2,1-4H3,(H,20,21). The van der Waals surface area contributed by atoms with E-state index in [1.54, 1.807) is 24.3 Å². The van der Waals surface area contributed by atoms with E-state index in [1.165, 1.54) is 33.5 Å². The van der Waals surface area contributed by atoms with Crippen molar-refractivity contribution < 1.29 is 28.5 Å². The summed E-state index contributed by atoms with van der Waals surface area (Å²) in [4.78, 5) is 24.8. The molecule has 0 spiro atoms. The molecular formula is C19H21NO6. The van der Waals surface area contributed by atoms with Crippen molar-refractivity contribution in [1.29, 1.82) is 0 Å². The van der Waals surface area contributed by atoms with Crippen molar-refractivity contribution >= 4 is 17.6 Å². The van der Waals surface area contributed by atoms with Crippen molar-refractivity contribution in [2.45, 2.75) is 6.92 Å². The number of nitrogens with one attached hydrogen (secondary N) is 1. The van der Waals surface area contributed by atoms with E-state index in [2.05, 4.69) is 5.32 Å². The monoisotopic (exact) mass is 359 g/mol. The van der Waals surface area contributed by atoms with Gasteiger partial charge in [-0.15, -0.1) is 0 Å². The summed E-state index contributed by atoms with van der Waals surface area (Å²) < 4.78 is 20.7. The summed E-state index contributed by atoms with van der Waals surface area (Å²) in [5, 5.41) is 2.71. The largest absolute Gasteiger partial charge is 0.493 e. The first-order chi connectivity index (χ1) is 12.5. The first-order valence-corrected chi connectivity index (χ1v) is 7.93. The van der Waals surface area contributed by atoms with Gasteiger partial charge in [0.05, 0.1) is 44.8 Å². The van der Waals surface area contributed by atoms with Gasteiger partial charge in [0.1, 0.15) is 5.75 Å². The van der Waals surface area contributed by atoms with Crippen LogP contribution in [0.3, 0.4) is 0 Å². The Balaban J connectivity index is 2.44. The molecule has 0 saturated heterocycles. The lowest BCUT2D eigenvalue weighted by Gasteiger charge is -2.15. The molecule has 0 unspecified atom stereocenters. The van der Waals surface area contributed by atoms with Gasteiger partial charge in [-0.3, -0.25) is 4.79 Å². The Bertz CT molecular complexity index is 803. The van der Waals surface area contributed by atoms with Gasteiger partial charge >= 0.3 is 5.97 Å². The summed E-state index contributed by atoms with van der Waals surface area (Å²) in [6, 6.07) is 9.81. The number of carbonyl (C=O) groups excluding carboxylic acids is 2. The lowest BCUT2D eigenvalue weighted by atomic mass is 10.1. The lowest BCUT2D eigenvalue weighted by molar-refractivity contribution is 0.0601. The molecule has 2 rings (SSSR count). The second kappa shape index (κ2) is 8.75. The number of hydrogen-bond acceptors (Lipinski definition) is 6. The number of amides is 1. The Morgan fingerprint density at radius 3 is 2.19 bits per heavy atom. The molecular weight excluding hydrogens is 338 g/mol. The van der Waals surface area contributed by atoms with Crippen molar-refractivity contribution in [3.8, 4) is 17.2 Å². The normalized spacial score (nSPS) is 10.0. The van der Waals surface area contributed by atoms with Crippen LogP contribution in [0.4, 0.5) is 5.69 Å². The molecule has 0 aliphatic carbocycles. The molecule has 0 aliphatic heterocycles. The van der Waals surface area contributed by atoms with Crippen molar-refractivity contribution in [2.75, 3.05) is 33.3 Å². The maximum atomic E-state index is 12.7. The molecule has 0 fully saturated rings. The van der Waals surface area contributed by atoms with Crippen molar-refractivity contribution in [3.05, 3.63) is 47.5 Å². The number of methoxy groups -OCH3 is 3. The van der Waals surface area contributed by atoms with Crippen LogP contribution in [-0.2, 0) is 4.74 Å². The molecule has 0 atom stereocenters. The van der Waals surface area contributed by atoms with Gasteiger partial charge in [-0.05, 0) is 19.1 Å². The molecule has 26 heavy (non-hydrogen) atoms. The smallest absolute Gasteiger partial charge is 0.340 e. The SMILES string of the molecule is CCOc1ccccc1C(=O)Nc1cc(OC)c(OC)cc1C(=O)OC. The van der Waals surface area contributed by atoms with Crippen LogP contribution >= 0.6 is 0 Å². The van der Waals surface area contributed by atoms with E-state index in [1.807, 2.05) is 6.92 Å². The highest BCUT2D eigenvalue weighted by molar-refractivity contribution is 6.09. The fraction of sp³-hybridized carbons (Fsp3) is 0.263. The fourth-order valence-corrected chi connectivity index (χ4v) is 2.39. The Kier molecular flexibility index (Phi) is 6.43. The topological polar surface area (TPSA) is 83.1 Å². The molecule has 138 valence electrons. The molecule has 0 radical (unpaired) electrons. The van der Waals surface area contributed by atoms with Crippen LogP contribution in [0, 0.1) is 0 Å². The van der Waals surface area contributed by atoms with Gasteiger partial charge in [0.2, 0.25) is 0 Å². The van der Waals surface area contributed by atoms with Crippen LogP contribution in [0.25, 0.3) is 0 Å². The summed E-state index contributed by atoms with van der Waals surface area (Å²) in [5.74, 6) is 0.132. The fourth-order valence-electron chi connectivity index (χ4n) is 2.39. The van der Waals surface area contributed by atoms with Crippen LogP contribution < -0.4 is 19.5 Å². The van der Waals surface area contributed by atoms with Crippen LogP contribution in [0.5, 0.6) is 17.2 Å². The van der Waals surface area contributed by atoms with E-state index in [9.17, 15) is 9.59 Å². The van der Waals surface area contributed by atoms with Gasteiger partial charge in [0, 0.05) is 12.1 Å². The minimum atomic E-state index is -0.612. The summed E-state index contributed by atoms with van der Waals surface area (Å²) in [7, 11) is 4.18. The van der Waals surface area contributed by atoms with Crippen LogP contribution in [0.1, 0.15) is 27.6 Å². The first kappa shape index (κ1) is 19.1. The predicted octanol–water partition coefficient (Wildman–Crippen LogP) is 3.14. The Hall–Kier alpha value is -3.22. The van der Waals surface area contributed by atoms with Gasteiger partial charge < -0.3 is 24.3 Å². The van der Waals surface area contributed by atoms with E-state index in [0.29, 0.717) is 29.4 Å². The van der Waals surface area contributed by atoms with Gasteiger partial charge in [0.15, 0.2) is 11.5 Å². The second-order valence-electron chi connectivity index (χ2n) is 5.13. The highest BCUT2D eigenvalue weighted by Gasteiger charge is 2.20. The van der Waals surface area contributed by atoms with Gasteiger partial charge in [-0.1, -0.05) is 12.1 Å². The van der Waals surface area contributed by atoms with Gasteiger partial charge in [-0.2, -0.15) is 0 Å². The number of carbonyl (C=O) groups is 2. The molecule has 0 saturated carbocycles. The predicted molar refractivity (Wildman–Crippen MR) is 96.4 cm³/mol. The number of esters is 1. The van der Waals surface area contributed by atoms with Crippen molar-refractivity contribution in [2.24, 2.45) is 0 Å². The zero-order valence-corrected chi connectivity index (χ0v) is 15.1. The van der Waals surface area contributed by atoms with E-state index in [0.717, 1.165) is 0 Å². The molecule has 2 aromatic rings. The number of rotatable bonds is 7. The summed E-state index contributed by atoms with van der Waals surface area (Å²) in [5.41, 5.74) is 0.734. The van der Waals surface area contributed by atoms with Crippen molar-refractivity contribution in [3.63, 3.8) is 0 Å². The third-order valence-electron chi connectivity index (χ3n) is 3.61. The Morgan fingerprint density at radius 1 is 0.923 bits per heavy atom. The van der Waals surface area contributed by atoms with E-state index in [4.69, 9.17) is 18.9 Å². The van der Waals surface area contributed by atoms with Gasteiger partial charge in [0.25, 0.3) is 5.91 Å². The average Bonchev–Trinajstić information content (AvgIpc) is 2.67. The lowest BCUT2D eigenvalue weighted by Crippen LogP contribution is -2.17. The quantitative estimate of drug-likeness (QED) is 0.765. The Morgan fingerprint density at radius 2 is 1.58 bits per heavy atom. The molecule has 0 heterocycles.